The van der Waals surface area contributed by atoms with Gasteiger partial charge in [-0.05, 0) is 24.6 Å². The molecule has 6 heteroatoms. The number of hydrogen-bond acceptors (Lipinski definition) is 3. The van der Waals surface area contributed by atoms with E-state index >= 15 is 0 Å². The number of carboxylic acid groups (broad SMARTS) is 1. The van der Waals surface area contributed by atoms with Crippen LogP contribution in [0, 0.1) is 6.92 Å². The fourth-order valence-corrected chi connectivity index (χ4v) is 1.90. The number of hydrogen-bond donors (Lipinski definition) is 3. The predicted octanol–water partition coefficient (Wildman–Crippen LogP) is 1.94. The zero-order valence-corrected chi connectivity index (χ0v) is 10.2. The maximum absolute atomic E-state index is 11.0. The van der Waals surface area contributed by atoms with E-state index in [9.17, 15) is 9.90 Å². The second-order valence-electron chi connectivity index (χ2n) is 3.25. The lowest BCUT2D eigenvalue weighted by Gasteiger charge is -2.20. The van der Waals surface area contributed by atoms with Crippen LogP contribution in [0.15, 0.2) is 16.6 Å². The second kappa shape index (κ2) is 5.18. The highest BCUT2D eigenvalue weighted by atomic mass is 79.9. The first kappa shape index (κ1) is 12.8. The van der Waals surface area contributed by atoms with Crippen LogP contribution in [0.2, 0.25) is 0 Å². The van der Waals surface area contributed by atoms with E-state index in [-0.39, 0.29) is 24.6 Å². The molecule has 88 valence electrons. The third-order valence-electron chi connectivity index (χ3n) is 2.09. The van der Waals surface area contributed by atoms with Crippen molar-refractivity contribution in [3.8, 4) is 5.75 Å². The van der Waals surface area contributed by atoms with Crippen molar-refractivity contribution in [3.05, 3.63) is 22.2 Å². The predicted molar refractivity (Wildman–Crippen MR) is 63.0 cm³/mol. The van der Waals surface area contributed by atoms with E-state index in [2.05, 4.69) is 15.9 Å². The van der Waals surface area contributed by atoms with Crippen LogP contribution in [0.3, 0.4) is 0 Å². The molecular weight excluding hydrogens is 278 g/mol. The van der Waals surface area contributed by atoms with Crippen molar-refractivity contribution in [1.29, 1.82) is 0 Å². The van der Waals surface area contributed by atoms with Crippen molar-refractivity contribution >= 4 is 27.7 Å². The van der Waals surface area contributed by atoms with Gasteiger partial charge >= 0.3 is 6.09 Å². The van der Waals surface area contributed by atoms with Gasteiger partial charge in [0.25, 0.3) is 0 Å². The highest BCUT2D eigenvalue weighted by Gasteiger charge is 2.19. The molecular formula is C10H12BrNO4. The molecule has 0 unspecified atom stereocenters. The van der Waals surface area contributed by atoms with Gasteiger partial charge in [-0.3, -0.25) is 4.90 Å². The number of phenolic OH excluding ortho intramolecular Hbond substituents is 1. The lowest BCUT2D eigenvalue weighted by molar-refractivity contribution is 0.198. The fourth-order valence-electron chi connectivity index (χ4n) is 1.34. The first-order valence-corrected chi connectivity index (χ1v) is 5.37. The van der Waals surface area contributed by atoms with Crippen molar-refractivity contribution in [2.45, 2.75) is 6.92 Å². The number of aliphatic hydroxyl groups is 1. The molecule has 0 radical (unpaired) electrons. The molecule has 0 atom stereocenters. The van der Waals surface area contributed by atoms with Gasteiger partial charge in [0.1, 0.15) is 5.75 Å². The minimum absolute atomic E-state index is 0.0845. The Labute approximate surface area is 101 Å². The molecule has 3 N–H and O–H groups in total. The van der Waals surface area contributed by atoms with E-state index in [0.717, 1.165) is 4.90 Å². The Hall–Kier alpha value is -1.27. The van der Waals surface area contributed by atoms with Crippen LogP contribution in [0.1, 0.15) is 5.56 Å². The van der Waals surface area contributed by atoms with Crippen LogP contribution in [0.4, 0.5) is 10.5 Å². The molecule has 0 spiro atoms. The summed E-state index contributed by atoms with van der Waals surface area (Å²) in [6.45, 7) is 1.28. The Bertz CT molecular complexity index is 408. The van der Waals surface area contributed by atoms with Crippen molar-refractivity contribution in [2.24, 2.45) is 0 Å². The molecule has 5 nitrogen and oxygen atoms in total. The third kappa shape index (κ3) is 2.65. The Morgan fingerprint density at radius 1 is 1.50 bits per heavy atom. The van der Waals surface area contributed by atoms with E-state index in [1.165, 1.54) is 6.07 Å². The maximum atomic E-state index is 11.0. The van der Waals surface area contributed by atoms with Gasteiger partial charge in [0, 0.05) is 4.47 Å². The van der Waals surface area contributed by atoms with Crippen molar-refractivity contribution in [2.75, 3.05) is 18.1 Å². The summed E-state index contributed by atoms with van der Waals surface area (Å²) >= 11 is 3.22. The molecule has 0 heterocycles. The lowest BCUT2D eigenvalue weighted by Crippen LogP contribution is -2.32. The molecule has 16 heavy (non-hydrogen) atoms. The lowest BCUT2D eigenvalue weighted by atomic mass is 10.2. The monoisotopic (exact) mass is 289 g/mol. The quantitative estimate of drug-likeness (QED) is 0.794. The molecule has 0 fully saturated rings. The minimum Gasteiger partial charge on any atom is -0.505 e. The summed E-state index contributed by atoms with van der Waals surface area (Å²) in [5.41, 5.74) is 0.724. The molecule has 0 saturated heterocycles. The number of benzene rings is 1. The summed E-state index contributed by atoms with van der Waals surface area (Å²) in [4.78, 5) is 11.8. The highest BCUT2D eigenvalue weighted by molar-refractivity contribution is 9.10. The molecule has 0 saturated carbocycles. The molecule has 1 amide bonds. The van der Waals surface area contributed by atoms with Gasteiger partial charge in [-0.2, -0.15) is 0 Å². The van der Waals surface area contributed by atoms with Crippen LogP contribution in [-0.4, -0.2) is 34.6 Å². The normalized spacial score (nSPS) is 10.2. The number of halogens is 1. The summed E-state index contributed by atoms with van der Waals surface area (Å²) < 4.78 is 0.669. The molecule has 0 aliphatic heterocycles. The van der Waals surface area contributed by atoms with Crippen molar-refractivity contribution in [1.82, 2.24) is 0 Å². The average molecular weight is 290 g/mol. The van der Waals surface area contributed by atoms with Gasteiger partial charge in [-0.15, -0.1) is 0 Å². The smallest absolute Gasteiger partial charge is 0.412 e. The summed E-state index contributed by atoms with van der Waals surface area (Å²) in [5, 5.41) is 27.5. The van der Waals surface area contributed by atoms with E-state index in [1.54, 1.807) is 13.0 Å². The number of nitrogens with zero attached hydrogens (tertiary/aromatic N) is 1. The van der Waals surface area contributed by atoms with E-state index in [4.69, 9.17) is 10.2 Å². The fraction of sp³-hybridized carbons (Fsp3) is 0.300. The molecule has 1 aromatic rings. The summed E-state index contributed by atoms with van der Waals surface area (Å²) in [5.74, 6) is -0.0981. The molecule has 0 aliphatic carbocycles. The summed E-state index contributed by atoms with van der Waals surface area (Å²) in [6, 6.07) is 3.17. The third-order valence-corrected chi connectivity index (χ3v) is 2.55. The largest absolute Gasteiger partial charge is 0.505 e. The van der Waals surface area contributed by atoms with E-state index < -0.39 is 6.09 Å². The average Bonchev–Trinajstić information content (AvgIpc) is 2.20. The van der Waals surface area contributed by atoms with Gasteiger partial charge < -0.3 is 15.3 Å². The maximum Gasteiger partial charge on any atom is 0.412 e. The van der Waals surface area contributed by atoms with Gasteiger partial charge in [-0.25, -0.2) is 4.79 Å². The van der Waals surface area contributed by atoms with Crippen LogP contribution in [-0.2, 0) is 0 Å². The van der Waals surface area contributed by atoms with E-state index in [0.29, 0.717) is 10.0 Å². The molecule has 1 rings (SSSR count). The Morgan fingerprint density at radius 2 is 2.12 bits per heavy atom. The number of anilines is 1. The number of aliphatic hydroxyl groups excluding tert-OH is 1. The molecule has 0 aliphatic rings. The van der Waals surface area contributed by atoms with Crippen molar-refractivity contribution < 1.29 is 20.1 Å². The van der Waals surface area contributed by atoms with Gasteiger partial charge in [0.15, 0.2) is 0 Å². The SMILES string of the molecule is Cc1cc(Br)cc(N(CCO)C(=O)O)c1O. The summed E-state index contributed by atoms with van der Waals surface area (Å²) in [6.07, 6.45) is -1.22. The zero-order valence-electron chi connectivity index (χ0n) is 8.64. The standard InChI is InChI=1S/C10H12BrNO4/c1-6-4-7(11)5-8(9(6)14)12(2-3-13)10(15)16/h4-5,13-14H,2-3H2,1H3,(H,15,16). The summed E-state index contributed by atoms with van der Waals surface area (Å²) in [7, 11) is 0. The topological polar surface area (TPSA) is 81.0 Å². The number of aryl methyl sites for hydroxylation is 1. The zero-order chi connectivity index (χ0) is 12.3. The van der Waals surface area contributed by atoms with Gasteiger partial charge in [0.2, 0.25) is 0 Å². The van der Waals surface area contributed by atoms with Crippen LogP contribution >= 0.6 is 15.9 Å². The molecule has 1 aromatic carbocycles. The minimum atomic E-state index is -1.22. The number of aromatic hydroxyl groups is 1. The van der Waals surface area contributed by atoms with Crippen molar-refractivity contribution in [3.63, 3.8) is 0 Å². The van der Waals surface area contributed by atoms with E-state index in [1.807, 2.05) is 0 Å². The van der Waals surface area contributed by atoms with Crippen LogP contribution < -0.4 is 4.90 Å². The number of phenols is 1. The number of amides is 1. The van der Waals surface area contributed by atoms with Crippen LogP contribution in [0.25, 0.3) is 0 Å². The Kier molecular flexibility index (Phi) is 4.14. The number of rotatable bonds is 3. The van der Waals surface area contributed by atoms with Gasteiger partial charge in [-0.1, -0.05) is 15.9 Å². The first-order chi connectivity index (χ1) is 7.47. The Morgan fingerprint density at radius 3 is 2.62 bits per heavy atom. The first-order valence-electron chi connectivity index (χ1n) is 4.57. The number of carbonyl (C=O) groups is 1. The molecule has 0 bridgehead atoms. The van der Waals surface area contributed by atoms with Crippen LogP contribution in [0.5, 0.6) is 5.75 Å². The molecule has 0 aromatic heterocycles. The Balaban J connectivity index is 3.23. The van der Waals surface area contributed by atoms with Gasteiger partial charge in [0.05, 0.1) is 18.8 Å². The highest BCUT2D eigenvalue weighted by Crippen LogP contribution is 2.34. The second-order valence-corrected chi connectivity index (χ2v) is 4.16.